The molecule has 1 nitrogen and oxygen atoms in total. The second kappa shape index (κ2) is 3.38. The molecule has 1 saturated carbocycles. The molecule has 0 unspecified atom stereocenters. The van der Waals surface area contributed by atoms with E-state index in [4.69, 9.17) is 0 Å². The molecule has 1 aliphatic rings. The Labute approximate surface area is 69.2 Å². The highest BCUT2D eigenvalue weighted by molar-refractivity contribution is 5.78. The third kappa shape index (κ3) is 2.32. The topological polar surface area (TPSA) is 17.1 Å². The van der Waals surface area contributed by atoms with Gasteiger partial charge < -0.3 is 0 Å². The summed E-state index contributed by atoms with van der Waals surface area (Å²) in [6, 6.07) is 0. The van der Waals surface area contributed by atoms with Crippen LogP contribution in [0, 0.1) is 17.8 Å². The molecule has 1 aliphatic carbocycles. The minimum absolute atomic E-state index is 0.369. The fourth-order valence-electron chi connectivity index (χ4n) is 2.28. The van der Waals surface area contributed by atoms with Crippen molar-refractivity contribution >= 4 is 5.78 Å². The molecule has 0 aromatic rings. The zero-order valence-electron chi connectivity index (χ0n) is 7.76. The summed E-state index contributed by atoms with van der Waals surface area (Å²) < 4.78 is 0. The maximum absolute atomic E-state index is 11.1. The van der Waals surface area contributed by atoms with Gasteiger partial charge in [0, 0.05) is 5.92 Å². The van der Waals surface area contributed by atoms with Gasteiger partial charge in [0.1, 0.15) is 5.78 Å². The third-order valence-electron chi connectivity index (χ3n) is 2.75. The van der Waals surface area contributed by atoms with Crippen LogP contribution in [0.15, 0.2) is 0 Å². The highest BCUT2D eigenvalue weighted by Gasteiger charge is 2.26. The SMILES string of the molecule is CC(=O)C1C[C@@H](C)C[C@H](C)C1. The first-order chi connectivity index (χ1) is 5.09. The van der Waals surface area contributed by atoms with Crippen molar-refractivity contribution in [1.29, 1.82) is 0 Å². The normalized spacial score (nSPS) is 38.6. The van der Waals surface area contributed by atoms with Crippen LogP contribution in [-0.4, -0.2) is 5.78 Å². The summed E-state index contributed by atoms with van der Waals surface area (Å²) >= 11 is 0. The first-order valence-electron chi connectivity index (χ1n) is 4.60. The lowest BCUT2D eigenvalue weighted by atomic mass is 9.75. The number of Topliss-reactive ketones (excluding diaryl/α,β-unsaturated/α-hetero) is 1. The molecule has 1 heteroatoms. The average molecular weight is 154 g/mol. The van der Waals surface area contributed by atoms with Crippen molar-refractivity contribution in [1.82, 2.24) is 0 Å². The lowest BCUT2D eigenvalue weighted by molar-refractivity contribution is -0.122. The smallest absolute Gasteiger partial charge is 0.132 e. The standard InChI is InChI=1S/C10H18O/c1-7-4-8(2)6-10(5-7)9(3)11/h7-8,10H,4-6H2,1-3H3/t7-,8-/m0/s1. The lowest BCUT2D eigenvalue weighted by Gasteiger charge is -2.29. The van der Waals surface area contributed by atoms with Crippen molar-refractivity contribution in [3.05, 3.63) is 0 Å². The first kappa shape index (κ1) is 8.76. The quantitative estimate of drug-likeness (QED) is 0.567. The van der Waals surface area contributed by atoms with E-state index in [0.29, 0.717) is 11.7 Å². The minimum atomic E-state index is 0.369. The molecule has 0 saturated heterocycles. The number of ketones is 1. The van der Waals surface area contributed by atoms with Gasteiger partial charge >= 0.3 is 0 Å². The molecule has 0 radical (unpaired) electrons. The van der Waals surface area contributed by atoms with Crippen molar-refractivity contribution in [2.24, 2.45) is 17.8 Å². The maximum Gasteiger partial charge on any atom is 0.132 e. The van der Waals surface area contributed by atoms with E-state index in [1.54, 1.807) is 6.92 Å². The van der Waals surface area contributed by atoms with Gasteiger partial charge in [0.05, 0.1) is 0 Å². The molecule has 1 fully saturated rings. The van der Waals surface area contributed by atoms with Crippen LogP contribution in [0.5, 0.6) is 0 Å². The Morgan fingerprint density at radius 2 is 1.55 bits per heavy atom. The van der Waals surface area contributed by atoms with Gasteiger partial charge in [0.15, 0.2) is 0 Å². The van der Waals surface area contributed by atoms with Gasteiger partial charge in [-0.3, -0.25) is 4.79 Å². The molecule has 11 heavy (non-hydrogen) atoms. The lowest BCUT2D eigenvalue weighted by Crippen LogP contribution is -2.24. The van der Waals surface area contributed by atoms with Crippen LogP contribution >= 0.6 is 0 Å². The van der Waals surface area contributed by atoms with Crippen LogP contribution in [-0.2, 0) is 4.79 Å². The number of carbonyl (C=O) groups is 1. The Hall–Kier alpha value is -0.330. The van der Waals surface area contributed by atoms with Crippen molar-refractivity contribution in [3.8, 4) is 0 Å². The van der Waals surface area contributed by atoms with E-state index in [1.807, 2.05) is 0 Å². The van der Waals surface area contributed by atoms with Gasteiger partial charge in [-0.25, -0.2) is 0 Å². The summed E-state index contributed by atoms with van der Waals surface area (Å²) in [6.45, 7) is 6.24. The van der Waals surface area contributed by atoms with Crippen molar-refractivity contribution in [2.75, 3.05) is 0 Å². The van der Waals surface area contributed by atoms with E-state index < -0.39 is 0 Å². The van der Waals surface area contributed by atoms with Crippen LogP contribution in [0.25, 0.3) is 0 Å². The zero-order valence-corrected chi connectivity index (χ0v) is 7.76. The zero-order chi connectivity index (χ0) is 8.43. The minimum Gasteiger partial charge on any atom is -0.300 e. The molecule has 2 atom stereocenters. The monoisotopic (exact) mass is 154 g/mol. The van der Waals surface area contributed by atoms with Gasteiger partial charge in [-0.2, -0.15) is 0 Å². The molecule has 0 aliphatic heterocycles. The summed E-state index contributed by atoms with van der Waals surface area (Å²) in [5.41, 5.74) is 0. The molecular weight excluding hydrogens is 136 g/mol. The van der Waals surface area contributed by atoms with Gasteiger partial charge in [-0.1, -0.05) is 13.8 Å². The summed E-state index contributed by atoms with van der Waals surface area (Å²) in [5.74, 6) is 2.28. The Balaban J connectivity index is 2.49. The van der Waals surface area contributed by atoms with Crippen LogP contribution in [0.4, 0.5) is 0 Å². The van der Waals surface area contributed by atoms with E-state index in [1.165, 1.54) is 6.42 Å². The molecule has 0 aromatic carbocycles. The predicted molar refractivity (Wildman–Crippen MR) is 46.4 cm³/mol. The highest BCUT2D eigenvalue weighted by Crippen LogP contribution is 2.32. The van der Waals surface area contributed by atoms with Gasteiger partial charge in [-0.05, 0) is 38.0 Å². The molecule has 0 heterocycles. The largest absolute Gasteiger partial charge is 0.300 e. The Bertz CT molecular complexity index is 141. The number of rotatable bonds is 1. The maximum atomic E-state index is 11.1. The third-order valence-corrected chi connectivity index (χ3v) is 2.75. The molecule has 0 aromatic heterocycles. The predicted octanol–water partition coefficient (Wildman–Crippen LogP) is 2.65. The molecule has 0 spiro atoms. The molecule has 64 valence electrons. The van der Waals surface area contributed by atoms with Crippen LogP contribution < -0.4 is 0 Å². The van der Waals surface area contributed by atoms with E-state index in [2.05, 4.69) is 13.8 Å². The average Bonchev–Trinajstić information content (AvgIpc) is 1.85. The van der Waals surface area contributed by atoms with E-state index in [-0.39, 0.29) is 0 Å². The summed E-state index contributed by atoms with van der Waals surface area (Å²) in [4.78, 5) is 11.1. The van der Waals surface area contributed by atoms with Gasteiger partial charge in [0.25, 0.3) is 0 Å². The number of carbonyl (C=O) groups excluding carboxylic acids is 1. The second-order valence-electron chi connectivity index (χ2n) is 4.23. The molecule has 0 N–H and O–H groups in total. The summed E-state index contributed by atoms with van der Waals surface area (Å²) in [7, 11) is 0. The summed E-state index contributed by atoms with van der Waals surface area (Å²) in [6.07, 6.45) is 3.56. The van der Waals surface area contributed by atoms with Crippen LogP contribution in [0.1, 0.15) is 40.0 Å². The molecule has 0 amide bonds. The summed E-state index contributed by atoms with van der Waals surface area (Å²) in [5, 5.41) is 0. The van der Waals surface area contributed by atoms with Crippen LogP contribution in [0.3, 0.4) is 0 Å². The molecular formula is C10H18O. The molecule has 0 bridgehead atoms. The second-order valence-corrected chi connectivity index (χ2v) is 4.23. The highest BCUT2D eigenvalue weighted by atomic mass is 16.1. The first-order valence-corrected chi connectivity index (χ1v) is 4.60. The Morgan fingerprint density at radius 1 is 1.09 bits per heavy atom. The van der Waals surface area contributed by atoms with E-state index in [9.17, 15) is 4.79 Å². The van der Waals surface area contributed by atoms with Crippen molar-refractivity contribution in [2.45, 2.75) is 40.0 Å². The van der Waals surface area contributed by atoms with Gasteiger partial charge in [0.2, 0.25) is 0 Å². The fourth-order valence-corrected chi connectivity index (χ4v) is 2.28. The van der Waals surface area contributed by atoms with E-state index in [0.717, 1.165) is 24.7 Å². The Morgan fingerprint density at radius 3 is 1.91 bits per heavy atom. The number of hydrogen-bond acceptors (Lipinski definition) is 1. The van der Waals surface area contributed by atoms with Crippen molar-refractivity contribution < 1.29 is 4.79 Å². The fraction of sp³-hybridized carbons (Fsp3) is 0.900. The number of hydrogen-bond donors (Lipinski definition) is 0. The molecule has 1 rings (SSSR count). The Kier molecular flexibility index (Phi) is 2.69. The van der Waals surface area contributed by atoms with E-state index >= 15 is 0 Å². The van der Waals surface area contributed by atoms with Gasteiger partial charge in [-0.15, -0.1) is 0 Å². The van der Waals surface area contributed by atoms with Crippen LogP contribution in [0.2, 0.25) is 0 Å². The van der Waals surface area contributed by atoms with Crippen molar-refractivity contribution in [3.63, 3.8) is 0 Å².